The summed E-state index contributed by atoms with van der Waals surface area (Å²) in [5, 5.41) is 4.20. The van der Waals surface area contributed by atoms with Crippen molar-refractivity contribution in [3.63, 3.8) is 0 Å². The molecule has 6 rings (SSSR count). The molecule has 0 amide bonds. The fourth-order valence-electron chi connectivity index (χ4n) is 4.69. The van der Waals surface area contributed by atoms with Crippen LogP contribution in [0.3, 0.4) is 0 Å². The molecular formula is C30H24N4OS. The number of rotatable bonds is 6. The van der Waals surface area contributed by atoms with Crippen LogP contribution in [0.4, 0.5) is 5.69 Å². The molecule has 176 valence electrons. The molecule has 5 nitrogen and oxygen atoms in total. The van der Waals surface area contributed by atoms with Gasteiger partial charge in [-0.15, -0.1) is 0 Å². The van der Waals surface area contributed by atoms with E-state index in [4.69, 9.17) is 17.0 Å². The third-order valence-electron chi connectivity index (χ3n) is 6.31. The summed E-state index contributed by atoms with van der Waals surface area (Å²) in [6, 6.07) is 38.2. The molecule has 1 aliphatic heterocycles. The highest BCUT2D eigenvalue weighted by molar-refractivity contribution is 7.80. The molecule has 0 spiro atoms. The number of nitrogens with zero attached hydrogens (tertiary/aromatic N) is 3. The zero-order valence-corrected chi connectivity index (χ0v) is 20.3. The Morgan fingerprint density at radius 1 is 0.694 bits per heavy atom. The smallest absolute Gasteiger partial charge is 0.174 e. The van der Waals surface area contributed by atoms with E-state index < -0.39 is 0 Å². The summed E-state index contributed by atoms with van der Waals surface area (Å²) in [4.78, 5) is 6.85. The molecule has 36 heavy (non-hydrogen) atoms. The third-order valence-corrected chi connectivity index (χ3v) is 6.62. The van der Waals surface area contributed by atoms with Gasteiger partial charge in [0.15, 0.2) is 5.11 Å². The molecule has 0 aliphatic carbocycles. The Morgan fingerprint density at radius 2 is 1.39 bits per heavy atom. The SMILES string of the molecule is S=C1N[C@@H](c2ccccn2)[C@@H](c2cccn2-c2ccccc2)N1c1ccc(Oc2ccccc2)cc1. The molecule has 3 heterocycles. The first kappa shape index (κ1) is 22.1. The van der Waals surface area contributed by atoms with Crippen LogP contribution >= 0.6 is 12.2 Å². The summed E-state index contributed by atoms with van der Waals surface area (Å²) in [5.41, 5.74) is 4.14. The Balaban J connectivity index is 1.40. The first-order chi connectivity index (χ1) is 17.8. The molecule has 5 aromatic rings. The molecule has 0 unspecified atom stereocenters. The van der Waals surface area contributed by atoms with Crippen molar-refractivity contribution in [1.82, 2.24) is 14.9 Å². The van der Waals surface area contributed by atoms with E-state index in [1.807, 2.05) is 72.9 Å². The van der Waals surface area contributed by atoms with Crippen molar-refractivity contribution in [1.29, 1.82) is 0 Å². The van der Waals surface area contributed by atoms with E-state index >= 15 is 0 Å². The van der Waals surface area contributed by atoms with Crippen molar-refractivity contribution in [3.8, 4) is 17.2 Å². The van der Waals surface area contributed by atoms with E-state index in [1.165, 1.54) is 0 Å². The van der Waals surface area contributed by atoms with Gasteiger partial charge < -0.3 is 19.5 Å². The van der Waals surface area contributed by atoms with Crippen LogP contribution in [0.5, 0.6) is 11.5 Å². The van der Waals surface area contributed by atoms with Crippen molar-refractivity contribution in [2.45, 2.75) is 12.1 Å². The molecule has 0 bridgehead atoms. The molecular weight excluding hydrogens is 464 g/mol. The second-order valence-corrected chi connectivity index (χ2v) is 8.93. The molecule has 0 radical (unpaired) electrons. The Labute approximate surface area is 215 Å². The van der Waals surface area contributed by atoms with Gasteiger partial charge in [0.2, 0.25) is 0 Å². The quantitative estimate of drug-likeness (QED) is 0.265. The van der Waals surface area contributed by atoms with Gasteiger partial charge in [-0.2, -0.15) is 0 Å². The average molecular weight is 489 g/mol. The van der Waals surface area contributed by atoms with Crippen LogP contribution in [0.2, 0.25) is 0 Å². The van der Waals surface area contributed by atoms with E-state index in [0.717, 1.165) is 34.3 Å². The zero-order chi connectivity index (χ0) is 24.3. The molecule has 2 aromatic heterocycles. The van der Waals surface area contributed by atoms with Gasteiger partial charge in [0, 0.05) is 29.5 Å². The number of aromatic nitrogens is 2. The fraction of sp³-hybridized carbons (Fsp3) is 0.0667. The minimum atomic E-state index is -0.115. The van der Waals surface area contributed by atoms with Gasteiger partial charge >= 0.3 is 0 Å². The summed E-state index contributed by atoms with van der Waals surface area (Å²) in [5.74, 6) is 1.57. The summed E-state index contributed by atoms with van der Waals surface area (Å²) in [6.45, 7) is 0. The molecule has 6 heteroatoms. The normalized spacial score (nSPS) is 17.1. The van der Waals surface area contributed by atoms with E-state index in [1.54, 1.807) is 0 Å². The first-order valence-electron chi connectivity index (χ1n) is 11.8. The second kappa shape index (κ2) is 9.68. The van der Waals surface area contributed by atoms with Gasteiger partial charge in [-0.1, -0.05) is 42.5 Å². The van der Waals surface area contributed by atoms with Crippen LogP contribution in [0.25, 0.3) is 5.69 Å². The number of hydrogen-bond donors (Lipinski definition) is 1. The zero-order valence-electron chi connectivity index (χ0n) is 19.4. The van der Waals surface area contributed by atoms with Gasteiger partial charge in [0.1, 0.15) is 17.5 Å². The summed E-state index contributed by atoms with van der Waals surface area (Å²) >= 11 is 5.89. The van der Waals surface area contributed by atoms with Crippen LogP contribution in [-0.2, 0) is 0 Å². The van der Waals surface area contributed by atoms with E-state index in [2.05, 4.69) is 74.5 Å². The van der Waals surface area contributed by atoms with Crippen LogP contribution in [0.1, 0.15) is 23.5 Å². The maximum atomic E-state index is 6.01. The first-order valence-corrected chi connectivity index (χ1v) is 12.2. The summed E-state index contributed by atoms with van der Waals surface area (Å²) in [6.07, 6.45) is 3.92. The van der Waals surface area contributed by atoms with Crippen LogP contribution in [0.15, 0.2) is 128 Å². The lowest BCUT2D eigenvalue weighted by atomic mass is 10.0. The summed E-state index contributed by atoms with van der Waals surface area (Å²) < 4.78 is 8.23. The van der Waals surface area contributed by atoms with Crippen LogP contribution < -0.4 is 15.0 Å². The minimum absolute atomic E-state index is 0.108. The summed E-state index contributed by atoms with van der Waals surface area (Å²) in [7, 11) is 0. The van der Waals surface area contributed by atoms with Gasteiger partial charge in [-0.25, -0.2) is 0 Å². The standard InChI is InChI=1S/C30H24N4OS/c36-30-32-28(26-14-7-8-20-31-26)29(27-15-9-21-33(27)22-10-3-1-4-11-22)34(30)23-16-18-25(19-17-23)35-24-12-5-2-6-13-24/h1-21,28-29H,(H,32,36)/t28-,29+/m0/s1. The monoisotopic (exact) mass is 488 g/mol. The number of thiocarbonyl (C=S) groups is 1. The second-order valence-electron chi connectivity index (χ2n) is 8.54. The third kappa shape index (κ3) is 4.23. The average Bonchev–Trinajstić information content (AvgIpc) is 3.55. The minimum Gasteiger partial charge on any atom is -0.457 e. The molecule has 1 saturated heterocycles. The maximum Gasteiger partial charge on any atom is 0.174 e. The molecule has 2 atom stereocenters. The van der Waals surface area contributed by atoms with Gasteiger partial charge in [-0.05, 0) is 85.0 Å². The maximum absolute atomic E-state index is 6.01. The van der Waals surface area contributed by atoms with Crippen LogP contribution in [0, 0.1) is 0 Å². The molecule has 0 saturated carbocycles. The number of hydrogen-bond acceptors (Lipinski definition) is 3. The number of nitrogens with one attached hydrogen (secondary N) is 1. The van der Waals surface area contributed by atoms with Crippen molar-refractivity contribution in [2.24, 2.45) is 0 Å². The topological polar surface area (TPSA) is 42.3 Å². The highest BCUT2D eigenvalue weighted by Gasteiger charge is 2.42. The van der Waals surface area contributed by atoms with Crippen LogP contribution in [-0.4, -0.2) is 14.7 Å². The Bertz CT molecular complexity index is 1450. The number of pyridine rings is 1. The van der Waals surface area contributed by atoms with Crippen molar-refractivity contribution >= 4 is 23.0 Å². The highest BCUT2D eigenvalue weighted by atomic mass is 32.1. The number of para-hydroxylation sites is 2. The van der Waals surface area contributed by atoms with E-state index in [9.17, 15) is 0 Å². The Kier molecular flexibility index (Phi) is 5.93. The van der Waals surface area contributed by atoms with Crippen molar-refractivity contribution in [3.05, 3.63) is 139 Å². The molecule has 1 N–H and O–H groups in total. The Morgan fingerprint density at radius 3 is 2.11 bits per heavy atom. The van der Waals surface area contributed by atoms with E-state index in [0.29, 0.717) is 5.11 Å². The number of anilines is 1. The molecule has 3 aromatic carbocycles. The van der Waals surface area contributed by atoms with Gasteiger partial charge in [0.25, 0.3) is 0 Å². The number of ether oxygens (including phenoxy) is 1. The lowest BCUT2D eigenvalue weighted by Gasteiger charge is -2.29. The fourth-order valence-corrected chi connectivity index (χ4v) is 5.04. The molecule has 1 aliphatic rings. The largest absolute Gasteiger partial charge is 0.457 e. The van der Waals surface area contributed by atoms with Gasteiger partial charge in [-0.3, -0.25) is 4.98 Å². The van der Waals surface area contributed by atoms with Crippen molar-refractivity contribution < 1.29 is 4.74 Å². The Hall–Kier alpha value is -4.42. The van der Waals surface area contributed by atoms with Gasteiger partial charge in [0.05, 0.1) is 11.7 Å². The molecule has 1 fully saturated rings. The predicted molar refractivity (Wildman–Crippen MR) is 147 cm³/mol. The number of benzene rings is 3. The lowest BCUT2D eigenvalue weighted by molar-refractivity contribution is 0.482. The highest BCUT2D eigenvalue weighted by Crippen LogP contribution is 2.42. The van der Waals surface area contributed by atoms with E-state index in [-0.39, 0.29) is 12.1 Å². The lowest BCUT2D eigenvalue weighted by Crippen LogP contribution is -2.30. The van der Waals surface area contributed by atoms with Crippen molar-refractivity contribution in [2.75, 3.05) is 4.90 Å². The predicted octanol–water partition coefficient (Wildman–Crippen LogP) is 6.84.